The van der Waals surface area contributed by atoms with Crippen LogP contribution in [0, 0.1) is 5.82 Å². The van der Waals surface area contributed by atoms with E-state index in [1.54, 1.807) is 30.3 Å². The maximum atomic E-state index is 14.1. The van der Waals surface area contributed by atoms with Gasteiger partial charge in [0.25, 0.3) is 5.56 Å². The van der Waals surface area contributed by atoms with Gasteiger partial charge in [-0.1, -0.05) is 47.1 Å². The molecule has 0 saturated carbocycles. The number of nitrogens with one attached hydrogen (secondary N) is 1. The number of amides is 1. The Kier molecular flexibility index (Phi) is 6.10. The standard InChI is InChI=1S/C24H22ClFN6O2/c25-18-6-3-4-15(12-18)13-20(33)31-10-8-16(9-11-31)22-27-23-21(24(34)28-22)29-30-32(23)14-17-5-1-2-7-19(17)26/h1-7,12,16H,8-11,13-14H2,(H,27,28,34). The number of nitrogens with zero attached hydrogens (tertiary/aromatic N) is 5. The Balaban J connectivity index is 1.31. The van der Waals surface area contributed by atoms with Crippen LogP contribution in [0.3, 0.4) is 0 Å². The SMILES string of the molecule is O=C(Cc1cccc(Cl)c1)N1CCC(c2nc3c(nnn3Cc3ccccc3F)c(=O)[nH]2)CC1. The number of piperidine rings is 1. The molecule has 1 fully saturated rings. The van der Waals surface area contributed by atoms with E-state index < -0.39 is 0 Å². The van der Waals surface area contributed by atoms with Crippen LogP contribution in [0.5, 0.6) is 0 Å². The number of rotatable bonds is 5. The Hall–Kier alpha value is -3.59. The molecule has 0 aliphatic carbocycles. The third-order valence-electron chi connectivity index (χ3n) is 6.15. The molecule has 0 unspecified atom stereocenters. The maximum Gasteiger partial charge on any atom is 0.281 e. The number of likely N-dealkylation sites (tertiary alicyclic amines) is 1. The molecular weight excluding hydrogens is 459 g/mol. The number of carbonyl (C=O) groups is 1. The van der Waals surface area contributed by atoms with E-state index in [-0.39, 0.29) is 35.3 Å². The largest absolute Gasteiger partial charge is 0.342 e. The third kappa shape index (κ3) is 4.56. The molecule has 8 nitrogen and oxygen atoms in total. The summed E-state index contributed by atoms with van der Waals surface area (Å²) in [4.78, 5) is 34.6. The van der Waals surface area contributed by atoms with Crippen LogP contribution in [-0.4, -0.2) is 48.9 Å². The van der Waals surface area contributed by atoms with Crippen LogP contribution in [0.25, 0.3) is 11.2 Å². The summed E-state index contributed by atoms with van der Waals surface area (Å²) < 4.78 is 15.5. The fraction of sp³-hybridized carbons (Fsp3) is 0.292. The second-order valence-corrected chi connectivity index (χ2v) is 8.86. The molecule has 0 atom stereocenters. The lowest BCUT2D eigenvalue weighted by Crippen LogP contribution is -2.39. The van der Waals surface area contributed by atoms with E-state index in [1.165, 1.54) is 10.7 Å². The fourth-order valence-corrected chi connectivity index (χ4v) is 4.52. The summed E-state index contributed by atoms with van der Waals surface area (Å²) in [5, 5.41) is 8.56. The topological polar surface area (TPSA) is 96.8 Å². The van der Waals surface area contributed by atoms with Crippen molar-refractivity contribution in [3.05, 3.63) is 86.7 Å². The number of aromatic amines is 1. The molecular formula is C24H22ClFN6O2. The highest BCUT2D eigenvalue weighted by atomic mass is 35.5. The van der Waals surface area contributed by atoms with E-state index in [1.807, 2.05) is 17.0 Å². The molecule has 0 radical (unpaired) electrons. The highest BCUT2D eigenvalue weighted by molar-refractivity contribution is 6.30. The molecule has 174 valence electrons. The zero-order chi connectivity index (χ0) is 23.7. The Morgan fingerprint density at radius 1 is 1.15 bits per heavy atom. The van der Waals surface area contributed by atoms with Gasteiger partial charge in [-0.3, -0.25) is 9.59 Å². The molecule has 0 bridgehead atoms. The van der Waals surface area contributed by atoms with E-state index in [0.717, 1.165) is 5.56 Å². The minimum absolute atomic E-state index is 0.0101. The first-order valence-electron chi connectivity index (χ1n) is 11.1. The molecule has 2 aromatic carbocycles. The summed E-state index contributed by atoms with van der Waals surface area (Å²) in [6.07, 6.45) is 1.64. The molecule has 1 aliphatic heterocycles. The number of aromatic nitrogens is 5. The molecule has 34 heavy (non-hydrogen) atoms. The van der Waals surface area contributed by atoms with Crippen LogP contribution in [0.15, 0.2) is 53.3 Å². The van der Waals surface area contributed by atoms with E-state index in [9.17, 15) is 14.0 Å². The molecule has 0 spiro atoms. The van der Waals surface area contributed by atoms with Gasteiger partial charge in [-0.25, -0.2) is 14.1 Å². The fourth-order valence-electron chi connectivity index (χ4n) is 4.31. The van der Waals surface area contributed by atoms with Crippen molar-refractivity contribution in [3.63, 3.8) is 0 Å². The van der Waals surface area contributed by atoms with E-state index >= 15 is 0 Å². The van der Waals surface area contributed by atoms with Crippen molar-refractivity contribution in [2.75, 3.05) is 13.1 Å². The second kappa shape index (κ2) is 9.34. The van der Waals surface area contributed by atoms with Gasteiger partial charge in [-0.15, -0.1) is 5.10 Å². The van der Waals surface area contributed by atoms with Gasteiger partial charge in [-0.2, -0.15) is 0 Å². The summed E-state index contributed by atoms with van der Waals surface area (Å²) in [5.41, 5.74) is 1.38. The van der Waals surface area contributed by atoms with Gasteiger partial charge in [0.2, 0.25) is 5.91 Å². The minimum atomic E-state index is -0.376. The number of fused-ring (bicyclic) bond motifs is 1. The monoisotopic (exact) mass is 480 g/mol. The van der Waals surface area contributed by atoms with Crippen molar-refractivity contribution < 1.29 is 9.18 Å². The van der Waals surface area contributed by atoms with Gasteiger partial charge >= 0.3 is 0 Å². The number of hydrogen-bond donors (Lipinski definition) is 1. The van der Waals surface area contributed by atoms with E-state index in [4.69, 9.17) is 11.6 Å². The smallest absolute Gasteiger partial charge is 0.281 e. The molecule has 3 heterocycles. The second-order valence-electron chi connectivity index (χ2n) is 8.42. The molecule has 10 heteroatoms. The van der Waals surface area contributed by atoms with Crippen LogP contribution >= 0.6 is 11.6 Å². The minimum Gasteiger partial charge on any atom is -0.342 e. The zero-order valence-electron chi connectivity index (χ0n) is 18.2. The Morgan fingerprint density at radius 2 is 1.94 bits per heavy atom. The summed E-state index contributed by atoms with van der Waals surface area (Å²) in [6, 6.07) is 13.7. The Morgan fingerprint density at radius 3 is 2.71 bits per heavy atom. The molecule has 1 aliphatic rings. The zero-order valence-corrected chi connectivity index (χ0v) is 19.0. The quantitative estimate of drug-likeness (QED) is 0.472. The number of carbonyl (C=O) groups excluding carboxylic acids is 1. The third-order valence-corrected chi connectivity index (χ3v) is 6.38. The number of hydrogen-bond acceptors (Lipinski definition) is 5. The summed E-state index contributed by atoms with van der Waals surface area (Å²) in [7, 11) is 0. The average Bonchev–Trinajstić information content (AvgIpc) is 3.24. The molecule has 1 amide bonds. The summed E-state index contributed by atoms with van der Waals surface area (Å²) in [5.74, 6) is 0.219. The lowest BCUT2D eigenvalue weighted by molar-refractivity contribution is -0.131. The van der Waals surface area contributed by atoms with Gasteiger partial charge in [0.05, 0.1) is 13.0 Å². The first-order valence-corrected chi connectivity index (χ1v) is 11.4. The number of benzene rings is 2. The summed E-state index contributed by atoms with van der Waals surface area (Å²) in [6.45, 7) is 1.26. The predicted molar refractivity (Wildman–Crippen MR) is 125 cm³/mol. The van der Waals surface area contributed by atoms with Gasteiger partial charge in [0.15, 0.2) is 11.2 Å². The van der Waals surface area contributed by atoms with Crippen molar-refractivity contribution in [1.29, 1.82) is 0 Å². The molecule has 5 rings (SSSR count). The van der Waals surface area contributed by atoms with Crippen LogP contribution in [-0.2, 0) is 17.8 Å². The maximum absolute atomic E-state index is 14.1. The summed E-state index contributed by atoms with van der Waals surface area (Å²) >= 11 is 6.02. The van der Waals surface area contributed by atoms with Crippen molar-refractivity contribution in [2.24, 2.45) is 0 Å². The highest BCUT2D eigenvalue weighted by Gasteiger charge is 2.26. The van der Waals surface area contributed by atoms with Crippen molar-refractivity contribution in [1.82, 2.24) is 29.9 Å². The van der Waals surface area contributed by atoms with Crippen LogP contribution in [0.2, 0.25) is 5.02 Å². The first-order chi connectivity index (χ1) is 16.5. The van der Waals surface area contributed by atoms with Crippen LogP contribution in [0.4, 0.5) is 4.39 Å². The lowest BCUT2D eigenvalue weighted by atomic mass is 9.95. The average molecular weight is 481 g/mol. The highest BCUT2D eigenvalue weighted by Crippen LogP contribution is 2.26. The first kappa shape index (κ1) is 22.2. The van der Waals surface area contributed by atoms with Gasteiger partial charge in [0.1, 0.15) is 11.6 Å². The molecule has 1 N–H and O–H groups in total. The molecule has 1 saturated heterocycles. The van der Waals surface area contributed by atoms with Crippen LogP contribution < -0.4 is 5.56 Å². The van der Waals surface area contributed by atoms with E-state index in [0.29, 0.717) is 54.4 Å². The predicted octanol–water partition coefficient (Wildman–Crippen LogP) is 3.30. The van der Waals surface area contributed by atoms with Crippen LogP contribution in [0.1, 0.15) is 35.7 Å². The van der Waals surface area contributed by atoms with Crippen molar-refractivity contribution in [3.8, 4) is 0 Å². The molecule has 4 aromatic rings. The number of H-pyrrole nitrogens is 1. The van der Waals surface area contributed by atoms with Gasteiger partial charge in [-0.05, 0) is 36.6 Å². The van der Waals surface area contributed by atoms with Gasteiger partial charge in [0, 0.05) is 29.6 Å². The lowest BCUT2D eigenvalue weighted by Gasteiger charge is -2.31. The normalized spacial score (nSPS) is 14.6. The molecule has 2 aromatic heterocycles. The Bertz CT molecular complexity index is 1410. The van der Waals surface area contributed by atoms with Gasteiger partial charge < -0.3 is 9.88 Å². The van der Waals surface area contributed by atoms with E-state index in [2.05, 4.69) is 20.3 Å². The van der Waals surface area contributed by atoms with Crippen molar-refractivity contribution in [2.45, 2.75) is 31.7 Å². The van der Waals surface area contributed by atoms with Crippen molar-refractivity contribution >= 4 is 28.7 Å². The number of halogens is 2. The Labute approximate surface area is 199 Å².